The van der Waals surface area contributed by atoms with Crippen LogP contribution >= 0.6 is 0 Å². The van der Waals surface area contributed by atoms with E-state index in [0.717, 1.165) is 31.4 Å². The highest BCUT2D eigenvalue weighted by atomic mass is 32.2. The van der Waals surface area contributed by atoms with Gasteiger partial charge in [-0.05, 0) is 37.6 Å². The van der Waals surface area contributed by atoms with Gasteiger partial charge in [0.2, 0.25) is 10.0 Å². The third kappa shape index (κ3) is 7.15. The standard InChI is InChI=1S/C15H19FN2O7S/c1-10(14(20)18-15(21)24-2)25-13(19)4-3-9-17-26(22,23)12-7-5-11(16)6-8-12/h5-8,10,17H,3-4,9H2,1-2H3,(H,18,20,21)/t10-/m1/s1. The summed E-state index contributed by atoms with van der Waals surface area (Å²) >= 11 is 0. The van der Waals surface area contributed by atoms with Gasteiger partial charge in [0.15, 0.2) is 6.10 Å². The predicted octanol–water partition coefficient (Wildman–Crippen LogP) is 0.698. The molecule has 0 unspecified atom stereocenters. The molecule has 0 heterocycles. The largest absolute Gasteiger partial charge is 0.453 e. The van der Waals surface area contributed by atoms with E-state index in [1.807, 2.05) is 5.32 Å². The maximum atomic E-state index is 12.8. The number of amides is 2. The molecule has 0 aliphatic carbocycles. The zero-order valence-electron chi connectivity index (χ0n) is 14.2. The first kappa shape index (κ1) is 21.5. The van der Waals surface area contributed by atoms with Crippen LogP contribution in [0.4, 0.5) is 9.18 Å². The van der Waals surface area contributed by atoms with Gasteiger partial charge in [0.25, 0.3) is 5.91 Å². The lowest BCUT2D eigenvalue weighted by atomic mass is 10.3. The van der Waals surface area contributed by atoms with Crippen molar-refractivity contribution in [2.45, 2.75) is 30.8 Å². The Balaban J connectivity index is 2.36. The van der Waals surface area contributed by atoms with Crippen molar-refractivity contribution >= 4 is 28.0 Å². The van der Waals surface area contributed by atoms with E-state index in [4.69, 9.17) is 4.74 Å². The van der Waals surface area contributed by atoms with E-state index in [2.05, 4.69) is 9.46 Å². The van der Waals surface area contributed by atoms with Gasteiger partial charge in [-0.2, -0.15) is 0 Å². The second-order valence-corrected chi connectivity index (χ2v) is 6.84. The van der Waals surface area contributed by atoms with Gasteiger partial charge in [0, 0.05) is 13.0 Å². The highest BCUT2D eigenvalue weighted by molar-refractivity contribution is 7.89. The van der Waals surface area contributed by atoms with Crippen LogP contribution in [-0.2, 0) is 29.1 Å². The van der Waals surface area contributed by atoms with E-state index in [1.54, 1.807) is 0 Å². The number of alkyl carbamates (subject to hydrolysis) is 1. The van der Waals surface area contributed by atoms with Gasteiger partial charge < -0.3 is 9.47 Å². The summed E-state index contributed by atoms with van der Waals surface area (Å²) in [6.45, 7) is 1.21. The number of halogens is 1. The Hall–Kier alpha value is -2.53. The lowest BCUT2D eigenvalue weighted by molar-refractivity contribution is -0.154. The van der Waals surface area contributed by atoms with Crippen LogP contribution in [0.2, 0.25) is 0 Å². The van der Waals surface area contributed by atoms with Crippen LogP contribution < -0.4 is 10.0 Å². The van der Waals surface area contributed by atoms with Crippen molar-refractivity contribution in [3.05, 3.63) is 30.1 Å². The molecule has 0 radical (unpaired) electrons. The van der Waals surface area contributed by atoms with Gasteiger partial charge in [0.05, 0.1) is 12.0 Å². The van der Waals surface area contributed by atoms with Crippen molar-refractivity contribution in [3.63, 3.8) is 0 Å². The van der Waals surface area contributed by atoms with Gasteiger partial charge in [-0.25, -0.2) is 22.3 Å². The molecule has 0 saturated heterocycles. The summed E-state index contributed by atoms with van der Waals surface area (Å²) < 4.78 is 48.0. The number of carbonyl (C=O) groups is 3. The van der Waals surface area contributed by atoms with Gasteiger partial charge in [-0.1, -0.05) is 0 Å². The van der Waals surface area contributed by atoms with E-state index in [-0.39, 0.29) is 24.3 Å². The molecule has 11 heteroatoms. The summed E-state index contributed by atoms with van der Waals surface area (Å²) in [5.74, 6) is -2.14. The summed E-state index contributed by atoms with van der Waals surface area (Å²) in [5.41, 5.74) is 0. The Morgan fingerprint density at radius 2 is 1.81 bits per heavy atom. The molecule has 1 rings (SSSR count). The monoisotopic (exact) mass is 390 g/mol. The third-order valence-electron chi connectivity index (χ3n) is 3.06. The molecule has 0 aliphatic rings. The SMILES string of the molecule is COC(=O)NC(=O)[C@@H](C)OC(=O)CCCNS(=O)(=O)c1ccc(F)cc1. The summed E-state index contributed by atoms with van der Waals surface area (Å²) in [4.78, 5) is 33.9. The fourth-order valence-electron chi connectivity index (χ4n) is 1.70. The number of nitrogens with one attached hydrogen (secondary N) is 2. The normalized spacial score (nSPS) is 12.1. The van der Waals surface area contributed by atoms with Crippen molar-refractivity contribution in [2.24, 2.45) is 0 Å². The Bertz CT molecular complexity index is 750. The minimum Gasteiger partial charge on any atom is -0.453 e. The number of sulfonamides is 1. The van der Waals surface area contributed by atoms with E-state index < -0.39 is 39.9 Å². The Morgan fingerprint density at radius 3 is 2.38 bits per heavy atom. The first-order chi connectivity index (χ1) is 12.2. The molecular weight excluding hydrogens is 371 g/mol. The molecule has 144 valence electrons. The van der Waals surface area contributed by atoms with Crippen molar-refractivity contribution < 1.29 is 36.7 Å². The highest BCUT2D eigenvalue weighted by Gasteiger charge is 2.20. The molecule has 1 aromatic rings. The molecule has 2 N–H and O–H groups in total. The average Bonchev–Trinajstić information content (AvgIpc) is 2.58. The number of methoxy groups -OCH3 is 1. The Morgan fingerprint density at radius 1 is 1.19 bits per heavy atom. The maximum absolute atomic E-state index is 12.8. The van der Waals surface area contributed by atoms with Crippen LogP contribution in [0.5, 0.6) is 0 Å². The second kappa shape index (κ2) is 9.82. The number of esters is 1. The zero-order chi connectivity index (χ0) is 19.7. The summed E-state index contributed by atoms with van der Waals surface area (Å²) in [6, 6.07) is 4.28. The molecular formula is C15H19FN2O7S. The molecule has 2 amide bonds. The molecule has 0 fully saturated rings. The van der Waals surface area contributed by atoms with Crippen molar-refractivity contribution in [1.82, 2.24) is 10.0 Å². The smallest absolute Gasteiger partial charge is 0.413 e. The van der Waals surface area contributed by atoms with Gasteiger partial charge in [-0.15, -0.1) is 0 Å². The summed E-state index contributed by atoms with van der Waals surface area (Å²) in [5, 5.41) is 1.85. The number of imide groups is 1. The van der Waals surface area contributed by atoms with Crippen LogP contribution in [0.3, 0.4) is 0 Å². The predicted molar refractivity (Wildman–Crippen MR) is 86.9 cm³/mol. The summed E-state index contributed by atoms with van der Waals surface area (Å²) in [7, 11) is -2.74. The number of rotatable bonds is 8. The minimum absolute atomic E-state index is 0.0580. The van der Waals surface area contributed by atoms with Crippen molar-refractivity contribution in [1.29, 1.82) is 0 Å². The van der Waals surface area contributed by atoms with Gasteiger partial charge >= 0.3 is 12.1 Å². The van der Waals surface area contributed by atoms with Crippen LogP contribution in [0.1, 0.15) is 19.8 Å². The number of carbonyl (C=O) groups excluding carboxylic acids is 3. The Labute approximate surface area is 149 Å². The molecule has 1 aromatic carbocycles. The number of benzene rings is 1. The molecule has 1 atom stereocenters. The van der Waals surface area contributed by atoms with Crippen LogP contribution in [0.25, 0.3) is 0 Å². The van der Waals surface area contributed by atoms with E-state index >= 15 is 0 Å². The van der Waals surface area contributed by atoms with E-state index in [0.29, 0.717) is 0 Å². The molecule has 0 aromatic heterocycles. The number of ether oxygens (including phenoxy) is 2. The highest BCUT2D eigenvalue weighted by Crippen LogP contribution is 2.09. The zero-order valence-corrected chi connectivity index (χ0v) is 15.0. The van der Waals surface area contributed by atoms with Crippen LogP contribution in [0.15, 0.2) is 29.2 Å². The fourth-order valence-corrected chi connectivity index (χ4v) is 2.77. The van der Waals surface area contributed by atoms with Crippen LogP contribution in [0, 0.1) is 5.82 Å². The van der Waals surface area contributed by atoms with E-state index in [9.17, 15) is 27.2 Å². The molecule has 0 saturated carbocycles. The topological polar surface area (TPSA) is 128 Å². The number of hydrogen-bond acceptors (Lipinski definition) is 7. The van der Waals surface area contributed by atoms with E-state index in [1.165, 1.54) is 6.92 Å². The second-order valence-electron chi connectivity index (χ2n) is 5.07. The summed E-state index contributed by atoms with van der Waals surface area (Å²) in [6.07, 6.45) is -2.22. The first-order valence-corrected chi connectivity index (χ1v) is 8.97. The molecule has 0 aliphatic heterocycles. The molecule has 0 spiro atoms. The van der Waals surface area contributed by atoms with Crippen molar-refractivity contribution in [2.75, 3.05) is 13.7 Å². The minimum atomic E-state index is -3.81. The number of hydrogen-bond donors (Lipinski definition) is 2. The molecule has 26 heavy (non-hydrogen) atoms. The fraction of sp³-hybridized carbons (Fsp3) is 0.400. The molecule has 9 nitrogen and oxygen atoms in total. The molecule has 0 bridgehead atoms. The van der Waals surface area contributed by atoms with Crippen molar-refractivity contribution in [3.8, 4) is 0 Å². The van der Waals surface area contributed by atoms with Gasteiger partial charge in [0.1, 0.15) is 5.82 Å². The maximum Gasteiger partial charge on any atom is 0.413 e. The lowest BCUT2D eigenvalue weighted by Gasteiger charge is -2.12. The van der Waals surface area contributed by atoms with Gasteiger partial charge in [-0.3, -0.25) is 14.9 Å². The van der Waals surface area contributed by atoms with Crippen LogP contribution in [-0.4, -0.2) is 46.1 Å². The quantitative estimate of drug-likeness (QED) is 0.494. The Kier molecular flexibility index (Phi) is 8.13. The third-order valence-corrected chi connectivity index (χ3v) is 4.54. The average molecular weight is 390 g/mol. The lowest BCUT2D eigenvalue weighted by Crippen LogP contribution is -2.39. The first-order valence-electron chi connectivity index (χ1n) is 7.49.